The molecule has 2 aromatic rings. The first-order valence-corrected chi connectivity index (χ1v) is 12.7. The van der Waals surface area contributed by atoms with Gasteiger partial charge in [-0.2, -0.15) is 5.10 Å². The van der Waals surface area contributed by atoms with E-state index in [2.05, 4.69) is 11.2 Å². The lowest BCUT2D eigenvalue weighted by Crippen LogP contribution is -2.36. The van der Waals surface area contributed by atoms with Gasteiger partial charge in [-0.3, -0.25) is 9.82 Å². The van der Waals surface area contributed by atoms with Crippen molar-refractivity contribution >= 4 is 28.7 Å². The van der Waals surface area contributed by atoms with Crippen LogP contribution in [0.2, 0.25) is 0 Å². The first-order valence-electron chi connectivity index (χ1n) is 11.2. The minimum atomic E-state index is -1.34. The number of aromatic nitrogens is 2. The van der Waals surface area contributed by atoms with Gasteiger partial charge in [0.2, 0.25) is 0 Å². The van der Waals surface area contributed by atoms with E-state index in [0.717, 1.165) is 41.2 Å². The van der Waals surface area contributed by atoms with Gasteiger partial charge in [0.15, 0.2) is 0 Å². The molecule has 7 heteroatoms. The third-order valence-corrected chi connectivity index (χ3v) is 8.81. The van der Waals surface area contributed by atoms with Gasteiger partial charge in [0.1, 0.15) is 5.82 Å². The minimum absolute atomic E-state index is 0.250. The Balaban J connectivity index is 1.52. The molecule has 0 spiro atoms. The van der Waals surface area contributed by atoms with Gasteiger partial charge in [-0.25, -0.2) is 8.60 Å². The molecule has 0 aliphatic heterocycles. The average molecular weight is 476 g/mol. The van der Waals surface area contributed by atoms with E-state index in [1.54, 1.807) is 12.1 Å². The van der Waals surface area contributed by atoms with Crippen LogP contribution in [-0.2, 0) is 18.0 Å². The van der Waals surface area contributed by atoms with Crippen molar-refractivity contribution in [3.05, 3.63) is 58.5 Å². The first-order chi connectivity index (χ1) is 15.1. The molecule has 0 radical (unpaired) electrons. The summed E-state index contributed by atoms with van der Waals surface area (Å²) in [6, 6.07) is 8.44. The fourth-order valence-electron chi connectivity index (χ4n) is 5.29. The number of benzene rings is 1. The maximum absolute atomic E-state index is 13.3. The van der Waals surface area contributed by atoms with Crippen LogP contribution in [0.5, 0.6) is 0 Å². The normalized spacial score (nSPS) is 24.9. The lowest BCUT2D eigenvalue weighted by Gasteiger charge is -2.31. The van der Waals surface area contributed by atoms with E-state index in [4.69, 9.17) is 16.7 Å². The maximum atomic E-state index is 13.3. The van der Waals surface area contributed by atoms with Crippen molar-refractivity contribution in [1.29, 1.82) is 0 Å². The van der Waals surface area contributed by atoms with Crippen molar-refractivity contribution in [2.75, 3.05) is 0 Å². The number of nitrogens with two attached hydrogens (primary N) is 1. The molecule has 4 unspecified atom stereocenters. The molecule has 1 aromatic heterocycles. The van der Waals surface area contributed by atoms with Gasteiger partial charge in [-0.15, -0.1) is 0 Å². The number of halogens is 2. The molecule has 4 rings (SSSR count). The van der Waals surface area contributed by atoms with E-state index in [1.807, 2.05) is 37.7 Å². The SMILES string of the molecule is Cn1nc(/C=C/C2=C(Cl)CC3CCC(C2)C3CC(C)(C)S(N)=O)cc1-c1ccc(F)cc1. The van der Waals surface area contributed by atoms with E-state index in [0.29, 0.717) is 17.8 Å². The van der Waals surface area contributed by atoms with Gasteiger partial charge < -0.3 is 0 Å². The number of allylic oxidation sites excluding steroid dienone is 3. The molecule has 1 aromatic carbocycles. The zero-order valence-corrected chi connectivity index (χ0v) is 20.4. The molecule has 4 nitrogen and oxygen atoms in total. The first kappa shape index (κ1) is 23.4. The second kappa shape index (κ2) is 9.24. The van der Waals surface area contributed by atoms with Crippen LogP contribution < -0.4 is 5.14 Å². The Kier molecular flexibility index (Phi) is 6.76. The summed E-state index contributed by atoms with van der Waals surface area (Å²) in [7, 11) is 0.549. The second-order valence-corrected chi connectivity index (χ2v) is 11.9. The van der Waals surface area contributed by atoms with Crippen molar-refractivity contribution < 1.29 is 8.60 Å². The summed E-state index contributed by atoms with van der Waals surface area (Å²) < 4.78 is 26.7. The van der Waals surface area contributed by atoms with Crippen molar-refractivity contribution in [3.8, 4) is 11.3 Å². The number of nitrogens with zero attached hydrogens (tertiary/aromatic N) is 2. The quantitative estimate of drug-likeness (QED) is 0.560. The number of fused-ring (bicyclic) bond motifs is 2. The van der Waals surface area contributed by atoms with Gasteiger partial charge >= 0.3 is 0 Å². The molecular weight excluding hydrogens is 445 g/mol. The molecule has 2 aliphatic carbocycles. The minimum Gasteiger partial charge on any atom is -0.267 e. The van der Waals surface area contributed by atoms with Gasteiger partial charge in [0.05, 0.1) is 27.1 Å². The van der Waals surface area contributed by atoms with E-state index in [9.17, 15) is 8.60 Å². The monoisotopic (exact) mass is 475 g/mol. The fraction of sp³-hybridized carbons (Fsp3) is 0.480. The Morgan fingerprint density at radius 3 is 2.53 bits per heavy atom. The van der Waals surface area contributed by atoms with Crippen LogP contribution in [0.25, 0.3) is 17.3 Å². The molecule has 32 heavy (non-hydrogen) atoms. The average Bonchev–Trinajstić information content (AvgIpc) is 3.24. The summed E-state index contributed by atoms with van der Waals surface area (Å²) >= 11 is 6.78. The zero-order valence-electron chi connectivity index (χ0n) is 18.9. The lowest BCUT2D eigenvalue weighted by molar-refractivity contribution is 0.275. The van der Waals surface area contributed by atoms with E-state index < -0.39 is 11.0 Å². The Morgan fingerprint density at radius 1 is 1.22 bits per heavy atom. The third-order valence-electron chi connectivity index (χ3n) is 7.16. The molecule has 1 fully saturated rings. The third kappa shape index (κ3) is 4.92. The van der Waals surface area contributed by atoms with Crippen LogP contribution in [0.4, 0.5) is 4.39 Å². The summed E-state index contributed by atoms with van der Waals surface area (Å²) in [5.74, 6) is 1.31. The van der Waals surface area contributed by atoms with Crippen LogP contribution in [0.1, 0.15) is 51.6 Å². The standard InChI is InChI=1S/C25H31ClFN3OS/c1-25(2,32(28)31)15-22-17-4-5-18(22)13-23(26)19(12-17)8-11-21-14-24(30(3)29-21)16-6-9-20(27)10-7-16/h6-11,14,17-18,22H,4-5,12-13,15,28H2,1-3H3/b11-8+. The lowest BCUT2D eigenvalue weighted by atomic mass is 9.81. The van der Waals surface area contributed by atoms with Gasteiger partial charge in [-0.05, 0) is 111 Å². The Hall–Kier alpha value is -1.76. The highest BCUT2D eigenvalue weighted by molar-refractivity contribution is 7.84. The maximum Gasteiger partial charge on any atom is 0.123 e. The molecule has 1 heterocycles. The molecule has 0 amide bonds. The summed E-state index contributed by atoms with van der Waals surface area (Å²) in [5.41, 5.74) is 3.87. The number of hydrogen-bond acceptors (Lipinski definition) is 2. The molecule has 0 saturated heterocycles. The van der Waals surface area contributed by atoms with Crippen LogP contribution in [-0.4, -0.2) is 18.7 Å². The Morgan fingerprint density at radius 2 is 1.88 bits per heavy atom. The molecular formula is C25H31ClFN3OS. The topological polar surface area (TPSA) is 60.9 Å². The Bertz CT molecular complexity index is 1070. The van der Waals surface area contributed by atoms with Gasteiger partial charge in [-0.1, -0.05) is 17.7 Å². The number of hydrogen-bond donors (Lipinski definition) is 1. The highest BCUT2D eigenvalue weighted by Gasteiger charge is 2.42. The fourth-order valence-corrected chi connectivity index (χ4v) is 5.99. The summed E-state index contributed by atoms with van der Waals surface area (Å²) in [5, 5.41) is 11.3. The molecule has 2 bridgehead atoms. The van der Waals surface area contributed by atoms with E-state index in [-0.39, 0.29) is 10.6 Å². The summed E-state index contributed by atoms with van der Waals surface area (Å²) in [6.07, 6.45) is 9.15. The largest absolute Gasteiger partial charge is 0.267 e. The van der Waals surface area contributed by atoms with Crippen molar-refractivity contribution in [2.24, 2.45) is 29.9 Å². The van der Waals surface area contributed by atoms with Gasteiger partial charge in [0.25, 0.3) is 0 Å². The predicted octanol–water partition coefficient (Wildman–Crippen LogP) is 5.96. The zero-order chi connectivity index (χ0) is 23.0. The highest BCUT2D eigenvalue weighted by Crippen LogP contribution is 2.51. The van der Waals surface area contributed by atoms with Crippen molar-refractivity contribution in [2.45, 2.75) is 50.7 Å². The van der Waals surface area contributed by atoms with Gasteiger partial charge in [0, 0.05) is 12.1 Å². The molecule has 1 saturated carbocycles. The van der Waals surface area contributed by atoms with Crippen LogP contribution in [0, 0.1) is 23.6 Å². The molecule has 172 valence electrons. The predicted molar refractivity (Wildman–Crippen MR) is 130 cm³/mol. The molecule has 4 atom stereocenters. The highest BCUT2D eigenvalue weighted by atomic mass is 35.5. The smallest absolute Gasteiger partial charge is 0.123 e. The molecule has 2 aliphatic rings. The van der Waals surface area contributed by atoms with E-state index >= 15 is 0 Å². The van der Waals surface area contributed by atoms with E-state index in [1.165, 1.54) is 30.5 Å². The Labute approximate surface area is 197 Å². The van der Waals surface area contributed by atoms with Crippen LogP contribution in [0.15, 0.2) is 47.0 Å². The van der Waals surface area contributed by atoms with Crippen LogP contribution >= 0.6 is 11.6 Å². The second-order valence-electron chi connectivity index (χ2n) is 9.78. The summed E-state index contributed by atoms with van der Waals surface area (Å²) in [6.45, 7) is 4.01. The van der Waals surface area contributed by atoms with Crippen molar-refractivity contribution in [1.82, 2.24) is 9.78 Å². The van der Waals surface area contributed by atoms with Crippen molar-refractivity contribution in [3.63, 3.8) is 0 Å². The van der Waals surface area contributed by atoms with Crippen LogP contribution in [0.3, 0.4) is 0 Å². The number of aryl methyl sites for hydroxylation is 1. The summed E-state index contributed by atoms with van der Waals surface area (Å²) in [4.78, 5) is 0. The number of rotatable bonds is 6. The molecule has 2 N–H and O–H groups in total.